The largest absolute Gasteiger partial charge is 0.481 e. The van der Waals surface area contributed by atoms with Gasteiger partial charge in [0.05, 0.1) is 5.92 Å². The summed E-state index contributed by atoms with van der Waals surface area (Å²) in [5, 5.41) is 12.3. The van der Waals surface area contributed by atoms with E-state index in [2.05, 4.69) is 22.3 Å². The lowest BCUT2D eigenvalue weighted by Crippen LogP contribution is -2.53. The van der Waals surface area contributed by atoms with Gasteiger partial charge in [0.15, 0.2) is 0 Å². The van der Waals surface area contributed by atoms with Gasteiger partial charge in [0, 0.05) is 32.2 Å². The highest BCUT2D eigenvalue weighted by atomic mass is 16.4. The molecular weight excluding hydrogens is 318 g/mol. The van der Waals surface area contributed by atoms with E-state index < -0.39 is 11.9 Å². The number of amides is 2. The lowest BCUT2D eigenvalue weighted by Gasteiger charge is -2.36. The number of piperidine rings is 2. The molecule has 2 aliphatic heterocycles. The van der Waals surface area contributed by atoms with E-state index in [-0.39, 0.29) is 12.1 Å². The summed E-state index contributed by atoms with van der Waals surface area (Å²) in [6.45, 7) is 3.76. The predicted octanol–water partition coefficient (Wildman–Crippen LogP) is 2.16. The highest BCUT2D eigenvalue weighted by Gasteiger charge is 2.30. The Morgan fingerprint density at radius 2 is 1.84 bits per heavy atom. The first-order chi connectivity index (χ1) is 12.1. The fraction of sp³-hybridized carbons (Fsp3) is 0.579. The topological polar surface area (TPSA) is 72.9 Å². The predicted molar refractivity (Wildman–Crippen MR) is 95.2 cm³/mol. The zero-order valence-corrected chi connectivity index (χ0v) is 14.6. The van der Waals surface area contributed by atoms with Crippen LogP contribution in [0.4, 0.5) is 4.79 Å². The van der Waals surface area contributed by atoms with E-state index in [1.54, 1.807) is 4.90 Å². The third kappa shape index (κ3) is 4.95. The summed E-state index contributed by atoms with van der Waals surface area (Å²) in [5.74, 6) is -1.23. The highest BCUT2D eigenvalue weighted by molar-refractivity contribution is 5.76. The second-order valence-corrected chi connectivity index (χ2v) is 7.13. The first kappa shape index (κ1) is 17.7. The number of hydrogen-bond acceptors (Lipinski definition) is 3. The molecule has 0 saturated carbocycles. The van der Waals surface area contributed by atoms with Gasteiger partial charge in [-0.05, 0) is 37.8 Å². The Balaban J connectivity index is 1.50. The Bertz CT molecular complexity index is 593. The smallest absolute Gasteiger partial charge is 0.317 e. The molecule has 1 aromatic carbocycles. The van der Waals surface area contributed by atoms with Crippen LogP contribution in [-0.4, -0.2) is 59.1 Å². The van der Waals surface area contributed by atoms with Crippen molar-refractivity contribution >= 4 is 12.0 Å². The molecule has 2 fully saturated rings. The molecule has 6 heteroatoms. The van der Waals surface area contributed by atoms with Crippen LogP contribution in [0.15, 0.2) is 30.3 Å². The molecule has 0 radical (unpaired) electrons. The SMILES string of the molecule is O=C(O)C1CCCN(C(=O)NC2CCCN(Cc3ccccc3)C2)C1. The number of aliphatic carboxylic acids is 1. The van der Waals surface area contributed by atoms with Crippen LogP contribution < -0.4 is 5.32 Å². The molecule has 2 aliphatic rings. The summed E-state index contributed by atoms with van der Waals surface area (Å²) < 4.78 is 0. The minimum absolute atomic E-state index is 0.113. The lowest BCUT2D eigenvalue weighted by molar-refractivity contribution is -0.143. The van der Waals surface area contributed by atoms with Crippen molar-refractivity contribution in [3.8, 4) is 0 Å². The van der Waals surface area contributed by atoms with Crippen LogP contribution in [0.2, 0.25) is 0 Å². The monoisotopic (exact) mass is 345 g/mol. The second kappa shape index (κ2) is 8.34. The molecule has 2 heterocycles. The molecule has 0 bridgehead atoms. The standard InChI is InChI=1S/C19H27N3O3/c23-18(24)16-8-4-11-22(13-16)19(25)20-17-9-5-10-21(14-17)12-15-6-2-1-3-7-15/h1-3,6-7,16-17H,4-5,8-14H2,(H,20,25)(H,23,24). The van der Waals surface area contributed by atoms with Gasteiger partial charge in [-0.2, -0.15) is 0 Å². The van der Waals surface area contributed by atoms with Crippen LogP contribution in [0.3, 0.4) is 0 Å². The summed E-state index contributed by atoms with van der Waals surface area (Å²) in [5.41, 5.74) is 1.29. The molecule has 2 atom stereocenters. The number of urea groups is 1. The maximum absolute atomic E-state index is 12.5. The lowest BCUT2D eigenvalue weighted by atomic mass is 9.98. The van der Waals surface area contributed by atoms with Crippen molar-refractivity contribution in [3.05, 3.63) is 35.9 Å². The number of rotatable bonds is 4. The molecule has 3 rings (SSSR count). The fourth-order valence-corrected chi connectivity index (χ4v) is 3.79. The summed E-state index contributed by atoms with van der Waals surface area (Å²) in [4.78, 5) is 27.7. The van der Waals surface area contributed by atoms with Gasteiger partial charge in [0.2, 0.25) is 0 Å². The average molecular weight is 345 g/mol. The number of carboxylic acids is 1. The minimum Gasteiger partial charge on any atom is -0.481 e. The van der Waals surface area contributed by atoms with E-state index in [0.717, 1.165) is 38.9 Å². The van der Waals surface area contributed by atoms with Crippen LogP contribution in [0.1, 0.15) is 31.2 Å². The normalized spacial score (nSPS) is 24.7. The van der Waals surface area contributed by atoms with E-state index in [0.29, 0.717) is 19.5 Å². The molecule has 25 heavy (non-hydrogen) atoms. The molecule has 6 nitrogen and oxygen atoms in total. The van der Waals surface area contributed by atoms with Crippen LogP contribution in [0.25, 0.3) is 0 Å². The quantitative estimate of drug-likeness (QED) is 0.877. The van der Waals surface area contributed by atoms with Gasteiger partial charge in [-0.25, -0.2) is 4.79 Å². The number of benzene rings is 1. The molecule has 136 valence electrons. The van der Waals surface area contributed by atoms with Crippen LogP contribution in [-0.2, 0) is 11.3 Å². The molecule has 0 aromatic heterocycles. The molecule has 2 amide bonds. The Kier molecular flexibility index (Phi) is 5.91. The summed E-state index contributed by atoms with van der Waals surface area (Å²) >= 11 is 0. The molecule has 0 spiro atoms. The number of likely N-dealkylation sites (tertiary alicyclic amines) is 2. The van der Waals surface area contributed by atoms with Crippen molar-refractivity contribution in [2.45, 2.75) is 38.3 Å². The minimum atomic E-state index is -0.802. The Hall–Kier alpha value is -2.08. The van der Waals surface area contributed by atoms with Gasteiger partial charge in [-0.15, -0.1) is 0 Å². The number of hydrogen-bond donors (Lipinski definition) is 2. The van der Waals surface area contributed by atoms with E-state index in [9.17, 15) is 9.59 Å². The zero-order valence-electron chi connectivity index (χ0n) is 14.6. The number of carboxylic acid groups (broad SMARTS) is 1. The van der Waals surface area contributed by atoms with E-state index in [1.165, 1.54) is 5.56 Å². The van der Waals surface area contributed by atoms with Gasteiger partial charge < -0.3 is 15.3 Å². The van der Waals surface area contributed by atoms with Crippen molar-refractivity contribution in [3.63, 3.8) is 0 Å². The highest BCUT2D eigenvalue weighted by Crippen LogP contribution is 2.18. The summed E-state index contributed by atoms with van der Waals surface area (Å²) in [6.07, 6.45) is 3.46. The number of carbonyl (C=O) groups is 2. The molecule has 0 aliphatic carbocycles. The molecule has 2 unspecified atom stereocenters. The molecule has 1 aromatic rings. The van der Waals surface area contributed by atoms with Crippen molar-refractivity contribution in [1.29, 1.82) is 0 Å². The Morgan fingerprint density at radius 1 is 1.08 bits per heavy atom. The Morgan fingerprint density at radius 3 is 2.60 bits per heavy atom. The van der Waals surface area contributed by atoms with Crippen molar-refractivity contribution in [2.24, 2.45) is 5.92 Å². The van der Waals surface area contributed by atoms with Crippen LogP contribution in [0.5, 0.6) is 0 Å². The summed E-state index contributed by atoms with van der Waals surface area (Å²) in [7, 11) is 0. The maximum Gasteiger partial charge on any atom is 0.317 e. The molecular formula is C19H27N3O3. The second-order valence-electron chi connectivity index (χ2n) is 7.13. The molecule has 2 N–H and O–H groups in total. The third-order valence-electron chi connectivity index (χ3n) is 5.14. The third-order valence-corrected chi connectivity index (χ3v) is 5.14. The van der Waals surface area contributed by atoms with Gasteiger partial charge in [0.25, 0.3) is 0 Å². The number of nitrogens with one attached hydrogen (secondary N) is 1. The number of carbonyl (C=O) groups excluding carboxylic acids is 1. The average Bonchev–Trinajstić information content (AvgIpc) is 2.63. The maximum atomic E-state index is 12.5. The van der Waals surface area contributed by atoms with Crippen LogP contribution in [0, 0.1) is 5.92 Å². The van der Waals surface area contributed by atoms with Crippen LogP contribution >= 0.6 is 0 Å². The van der Waals surface area contributed by atoms with Crippen molar-refractivity contribution < 1.29 is 14.7 Å². The van der Waals surface area contributed by atoms with Gasteiger partial charge in [-0.3, -0.25) is 9.69 Å². The fourth-order valence-electron chi connectivity index (χ4n) is 3.79. The first-order valence-electron chi connectivity index (χ1n) is 9.16. The van der Waals surface area contributed by atoms with Crippen molar-refractivity contribution in [2.75, 3.05) is 26.2 Å². The van der Waals surface area contributed by atoms with E-state index in [1.807, 2.05) is 18.2 Å². The van der Waals surface area contributed by atoms with E-state index >= 15 is 0 Å². The zero-order chi connectivity index (χ0) is 17.6. The van der Waals surface area contributed by atoms with Gasteiger partial charge in [0.1, 0.15) is 0 Å². The Labute approximate surface area is 148 Å². The van der Waals surface area contributed by atoms with Crippen molar-refractivity contribution in [1.82, 2.24) is 15.1 Å². The first-order valence-corrected chi connectivity index (χ1v) is 9.16. The van der Waals surface area contributed by atoms with E-state index in [4.69, 9.17) is 5.11 Å². The molecule has 2 saturated heterocycles. The van der Waals surface area contributed by atoms with Gasteiger partial charge >= 0.3 is 12.0 Å². The summed E-state index contributed by atoms with van der Waals surface area (Å²) in [6, 6.07) is 10.4. The van der Waals surface area contributed by atoms with Gasteiger partial charge in [-0.1, -0.05) is 30.3 Å². The number of nitrogens with zero attached hydrogens (tertiary/aromatic N) is 2.